The third-order valence-electron chi connectivity index (χ3n) is 6.17. The Morgan fingerprint density at radius 3 is 2.58 bits per heavy atom. The monoisotopic (exact) mass is 450 g/mol. The van der Waals surface area contributed by atoms with Crippen molar-refractivity contribution in [1.29, 1.82) is 0 Å². The van der Waals surface area contributed by atoms with Crippen molar-refractivity contribution in [2.45, 2.75) is 58.2 Å². The summed E-state index contributed by atoms with van der Waals surface area (Å²) in [5, 5.41) is 3.50. The number of hydrogen-bond donors (Lipinski definition) is 1. The van der Waals surface area contributed by atoms with E-state index in [9.17, 15) is 4.79 Å². The first-order valence-electron chi connectivity index (χ1n) is 11.6. The smallest absolute Gasteiger partial charge is 0.410 e. The van der Waals surface area contributed by atoms with Gasteiger partial charge in [0.2, 0.25) is 0 Å². The van der Waals surface area contributed by atoms with E-state index < -0.39 is 5.60 Å². The molecule has 176 valence electrons. The van der Waals surface area contributed by atoms with Gasteiger partial charge in [-0.25, -0.2) is 4.79 Å². The molecule has 1 aromatic carbocycles. The van der Waals surface area contributed by atoms with Gasteiger partial charge in [-0.3, -0.25) is 19.9 Å². The number of amidine groups is 1. The molecule has 2 fully saturated rings. The molecule has 2 aliphatic rings. The van der Waals surface area contributed by atoms with E-state index in [0.717, 1.165) is 54.1 Å². The summed E-state index contributed by atoms with van der Waals surface area (Å²) < 4.78 is 5.67. The second kappa shape index (κ2) is 9.00. The molecule has 1 aromatic heterocycles. The van der Waals surface area contributed by atoms with E-state index in [2.05, 4.69) is 43.4 Å². The zero-order chi connectivity index (χ0) is 23.6. The fraction of sp³-hybridized carbons (Fsp3) is 0.520. The average Bonchev–Trinajstić information content (AvgIpc) is 3.54. The van der Waals surface area contributed by atoms with E-state index in [1.807, 2.05) is 45.7 Å². The van der Waals surface area contributed by atoms with Crippen molar-refractivity contribution in [1.82, 2.24) is 25.1 Å². The van der Waals surface area contributed by atoms with Gasteiger partial charge >= 0.3 is 6.09 Å². The van der Waals surface area contributed by atoms with Gasteiger partial charge in [0.05, 0.1) is 22.3 Å². The summed E-state index contributed by atoms with van der Waals surface area (Å²) in [5.74, 6) is 0.846. The number of aliphatic imine (C=N–C) groups is 1. The maximum absolute atomic E-state index is 12.8. The summed E-state index contributed by atoms with van der Waals surface area (Å²) in [6.45, 7) is 10.6. The highest BCUT2D eigenvalue weighted by molar-refractivity contribution is 5.97. The van der Waals surface area contributed by atoms with Gasteiger partial charge in [-0.2, -0.15) is 0 Å². The van der Waals surface area contributed by atoms with Crippen LogP contribution in [0.5, 0.6) is 0 Å². The predicted molar refractivity (Wildman–Crippen MR) is 130 cm³/mol. The highest BCUT2D eigenvalue weighted by atomic mass is 16.6. The van der Waals surface area contributed by atoms with E-state index in [1.165, 1.54) is 0 Å². The van der Waals surface area contributed by atoms with Crippen LogP contribution in [0.15, 0.2) is 47.4 Å². The summed E-state index contributed by atoms with van der Waals surface area (Å²) in [5.41, 5.74) is 3.33. The van der Waals surface area contributed by atoms with Crippen molar-refractivity contribution in [3.8, 4) is 0 Å². The number of benzene rings is 1. The van der Waals surface area contributed by atoms with E-state index in [-0.39, 0.29) is 11.6 Å². The second-order valence-electron chi connectivity index (χ2n) is 9.76. The summed E-state index contributed by atoms with van der Waals surface area (Å²) >= 11 is 0. The van der Waals surface area contributed by atoms with E-state index in [4.69, 9.17) is 4.74 Å². The molecule has 8 nitrogen and oxygen atoms in total. The number of piperazine rings is 1. The van der Waals surface area contributed by atoms with Gasteiger partial charge in [-0.15, -0.1) is 0 Å². The summed E-state index contributed by atoms with van der Waals surface area (Å²) in [7, 11) is 1.81. The third-order valence-corrected chi connectivity index (χ3v) is 6.17. The number of nitrogens with zero attached hydrogens (tertiary/aromatic N) is 5. The first-order chi connectivity index (χ1) is 15.7. The van der Waals surface area contributed by atoms with Crippen LogP contribution in [0.4, 0.5) is 4.79 Å². The van der Waals surface area contributed by atoms with Crippen molar-refractivity contribution >= 4 is 23.0 Å². The molecule has 1 saturated heterocycles. The Morgan fingerprint density at radius 2 is 1.94 bits per heavy atom. The minimum absolute atomic E-state index is 0.134. The lowest BCUT2D eigenvalue weighted by molar-refractivity contribution is -0.00215. The van der Waals surface area contributed by atoms with E-state index >= 15 is 0 Å². The number of fused-ring (bicyclic) bond motifs is 1. The number of allylic oxidation sites excluding steroid dienone is 1. The Bertz CT molecular complexity index is 1080. The summed E-state index contributed by atoms with van der Waals surface area (Å²) in [6, 6.07) is 6.10. The molecule has 2 heterocycles. The molecule has 0 bridgehead atoms. The molecule has 0 atom stereocenters. The molecule has 33 heavy (non-hydrogen) atoms. The van der Waals surface area contributed by atoms with Crippen LogP contribution in [0.1, 0.15) is 46.1 Å². The topological polar surface area (TPSA) is 83.0 Å². The lowest BCUT2D eigenvalue weighted by atomic mass is 10.1. The molecule has 1 N–H and O–H groups in total. The quantitative estimate of drug-likeness (QED) is 0.564. The number of nitrogens with one attached hydrogen (secondary N) is 1. The fourth-order valence-corrected chi connectivity index (χ4v) is 4.42. The Hall–Kier alpha value is -3.16. The number of hydrogen-bond acceptors (Lipinski definition) is 6. The second-order valence-corrected chi connectivity index (χ2v) is 9.76. The minimum Gasteiger partial charge on any atom is -0.444 e. The third kappa shape index (κ3) is 5.10. The maximum Gasteiger partial charge on any atom is 0.410 e. The molecule has 4 rings (SSSR count). The molecule has 1 aliphatic heterocycles. The Kier molecular flexibility index (Phi) is 6.28. The van der Waals surface area contributed by atoms with Crippen molar-refractivity contribution < 1.29 is 9.53 Å². The highest BCUT2D eigenvalue weighted by Crippen LogP contribution is 2.45. The van der Waals surface area contributed by atoms with Gasteiger partial charge in [-0.05, 0) is 58.2 Å². The van der Waals surface area contributed by atoms with Crippen LogP contribution in [-0.2, 0) is 11.3 Å². The van der Waals surface area contributed by atoms with Crippen LogP contribution in [0.3, 0.4) is 0 Å². The largest absolute Gasteiger partial charge is 0.444 e. The number of aromatic nitrogens is 2. The fourth-order valence-electron chi connectivity index (χ4n) is 4.42. The zero-order valence-electron chi connectivity index (χ0n) is 20.3. The van der Waals surface area contributed by atoms with Crippen LogP contribution >= 0.6 is 0 Å². The Balaban J connectivity index is 1.42. The van der Waals surface area contributed by atoms with Crippen LogP contribution in [-0.4, -0.2) is 69.5 Å². The zero-order valence-corrected chi connectivity index (χ0v) is 20.3. The van der Waals surface area contributed by atoms with Gasteiger partial charge in [0.25, 0.3) is 0 Å². The number of amides is 1. The number of rotatable bonds is 4. The van der Waals surface area contributed by atoms with Gasteiger partial charge in [-0.1, -0.05) is 12.1 Å². The van der Waals surface area contributed by atoms with Crippen LogP contribution in [0, 0.1) is 0 Å². The summed E-state index contributed by atoms with van der Waals surface area (Å²) in [6.07, 6.45) is 7.31. The van der Waals surface area contributed by atoms with Gasteiger partial charge in [0.15, 0.2) is 0 Å². The average molecular weight is 451 g/mol. The van der Waals surface area contributed by atoms with Crippen LogP contribution < -0.4 is 5.32 Å². The van der Waals surface area contributed by atoms with Gasteiger partial charge < -0.3 is 15.0 Å². The van der Waals surface area contributed by atoms with Gasteiger partial charge in [0, 0.05) is 45.6 Å². The standard InChI is InChI=1S/C25H34N6O2/c1-6-21(22(26-5)29-16-18-7-8-19-20(15-18)28-12-11-27-19)30-13-14-31(25(17-30)9-10-25)23(32)33-24(2,3)4/h6-8,11-12,15H,9-10,13-14,16-17H2,1-5H3,(H,26,29)/b21-6+. The predicted octanol–water partition coefficient (Wildman–Crippen LogP) is 3.74. The molecule has 0 radical (unpaired) electrons. The molecule has 1 saturated carbocycles. The lowest BCUT2D eigenvalue weighted by Gasteiger charge is -2.44. The normalized spacial score (nSPS) is 18.6. The van der Waals surface area contributed by atoms with E-state index in [1.54, 1.807) is 12.4 Å². The first kappa shape index (κ1) is 23.0. The Labute approximate surface area is 195 Å². The molecule has 2 aromatic rings. The Morgan fingerprint density at radius 1 is 1.21 bits per heavy atom. The lowest BCUT2D eigenvalue weighted by Crippen LogP contribution is -2.58. The molecule has 1 spiro atoms. The number of carbonyl (C=O) groups excluding carboxylic acids is 1. The first-order valence-corrected chi connectivity index (χ1v) is 11.6. The van der Waals surface area contributed by atoms with Crippen LogP contribution in [0.25, 0.3) is 11.0 Å². The molecule has 1 aliphatic carbocycles. The molecular formula is C25H34N6O2. The SMILES string of the molecule is C/C=C(\C(=NC)NCc1ccc2nccnc2c1)N1CCN(C(=O)OC(C)(C)C)C2(CC2)C1. The number of ether oxygens (including phenoxy) is 1. The molecule has 0 unspecified atom stereocenters. The van der Waals surface area contributed by atoms with E-state index in [0.29, 0.717) is 13.1 Å². The molecular weight excluding hydrogens is 416 g/mol. The van der Waals surface area contributed by atoms with Crippen molar-refractivity contribution in [3.05, 3.63) is 47.9 Å². The maximum atomic E-state index is 12.8. The highest BCUT2D eigenvalue weighted by Gasteiger charge is 2.54. The van der Waals surface area contributed by atoms with Gasteiger partial charge in [0.1, 0.15) is 11.4 Å². The number of carbonyl (C=O) groups is 1. The van der Waals surface area contributed by atoms with Crippen molar-refractivity contribution in [2.75, 3.05) is 26.7 Å². The molecule has 8 heteroatoms. The van der Waals surface area contributed by atoms with Crippen LogP contribution in [0.2, 0.25) is 0 Å². The van der Waals surface area contributed by atoms with Crippen molar-refractivity contribution in [2.24, 2.45) is 4.99 Å². The summed E-state index contributed by atoms with van der Waals surface area (Å²) in [4.78, 5) is 30.3. The molecule has 1 amide bonds. The van der Waals surface area contributed by atoms with Crippen molar-refractivity contribution in [3.63, 3.8) is 0 Å². The minimum atomic E-state index is -0.487.